The Kier molecular flexibility index (Phi) is 3.95. The van der Waals surface area contributed by atoms with Gasteiger partial charge in [-0.15, -0.1) is 0 Å². The molecule has 0 atom stereocenters. The second-order valence-corrected chi connectivity index (χ2v) is 5.45. The topological polar surface area (TPSA) is 93.3 Å². The van der Waals surface area contributed by atoms with Gasteiger partial charge in [0, 0.05) is 23.2 Å². The van der Waals surface area contributed by atoms with Crippen LogP contribution in [-0.4, -0.2) is 21.0 Å². The molecule has 6 heteroatoms. The number of aryl methyl sites for hydroxylation is 1. The molecule has 0 aliphatic carbocycles. The highest BCUT2D eigenvalue weighted by Gasteiger charge is 2.18. The first-order chi connectivity index (χ1) is 11.5. The fourth-order valence-corrected chi connectivity index (χ4v) is 2.83. The van der Waals surface area contributed by atoms with Crippen molar-refractivity contribution in [3.8, 4) is 11.1 Å². The molecule has 0 unspecified atom stereocenters. The largest absolute Gasteiger partial charge is 0.481 e. The SMILES string of the molecule is Cc1nc2ccc([N+](=O)[O-])cc2c(-c2ccccc2)c1CC(=O)O. The summed E-state index contributed by atoms with van der Waals surface area (Å²) in [6, 6.07) is 13.7. The second kappa shape index (κ2) is 6.08. The number of nitro benzene ring substituents is 1. The summed E-state index contributed by atoms with van der Waals surface area (Å²) in [5.74, 6) is -0.970. The normalized spacial score (nSPS) is 10.7. The fraction of sp³-hybridized carbons (Fsp3) is 0.111. The number of hydrogen-bond acceptors (Lipinski definition) is 4. The van der Waals surface area contributed by atoms with Crippen LogP contribution >= 0.6 is 0 Å². The second-order valence-electron chi connectivity index (χ2n) is 5.45. The lowest BCUT2D eigenvalue weighted by atomic mass is 9.92. The van der Waals surface area contributed by atoms with Crippen LogP contribution in [0.25, 0.3) is 22.0 Å². The number of carboxylic acid groups (broad SMARTS) is 1. The Morgan fingerprint density at radius 2 is 1.92 bits per heavy atom. The van der Waals surface area contributed by atoms with Crippen molar-refractivity contribution in [1.29, 1.82) is 0 Å². The quantitative estimate of drug-likeness (QED) is 0.583. The van der Waals surface area contributed by atoms with Crippen LogP contribution < -0.4 is 0 Å². The van der Waals surface area contributed by atoms with Crippen molar-refractivity contribution < 1.29 is 14.8 Å². The third-order valence-corrected chi connectivity index (χ3v) is 3.88. The van der Waals surface area contributed by atoms with E-state index in [1.165, 1.54) is 12.1 Å². The van der Waals surface area contributed by atoms with E-state index < -0.39 is 10.9 Å². The van der Waals surface area contributed by atoms with Gasteiger partial charge in [0.15, 0.2) is 0 Å². The van der Waals surface area contributed by atoms with Crippen molar-refractivity contribution in [2.45, 2.75) is 13.3 Å². The minimum Gasteiger partial charge on any atom is -0.481 e. The Morgan fingerprint density at radius 1 is 1.21 bits per heavy atom. The summed E-state index contributed by atoms with van der Waals surface area (Å²) in [5, 5.41) is 20.9. The maximum atomic E-state index is 11.3. The monoisotopic (exact) mass is 322 g/mol. The Balaban J connectivity index is 2.42. The molecular weight excluding hydrogens is 308 g/mol. The molecule has 1 N–H and O–H groups in total. The van der Waals surface area contributed by atoms with Gasteiger partial charge < -0.3 is 5.11 Å². The molecule has 0 spiro atoms. The van der Waals surface area contributed by atoms with E-state index in [4.69, 9.17) is 0 Å². The minimum absolute atomic E-state index is 0.0494. The van der Waals surface area contributed by atoms with Crippen molar-refractivity contribution in [1.82, 2.24) is 4.98 Å². The molecule has 0 saturated carbocycles. The molecule has 0 amide bonds. The van der Waals surface area contributed by atoms with Crippen molar-refractivity contribution in [3.05, 3.63) is 69.9 Å². The van der Waals surface area contributed by atoms with Gasteiger partial charge in [-0.05, 0) is 29.7 Å². The van der Waals surface area contributed by atoms with Crippen molar-refractivity contribution >= 4 is 22.6 Å². The standard InChI is InChI=1S/C18H14N2O4/c1-11-14(10-17(21)22)18(12-5-3-2-4-6-12)15-9-13(20(23)24)7-8-16(15)19-11/h2-9H,10H2,1H3,(H,21,22). The predicted molar refractivity (Wildman–Crippen MR) is 89.9 cm³/mol. The van der Waals surface area contributed by atoms with Gasteiger partial charge >= 0.3 is 5.97 Å². The van der Waals surface area contributed by atoms with Crippen LogP contribution in [0.1, 0.15) is 11.3 Å². The van der Waals surface area contributed by atoms with Crippen LogP contribution in [-0.2, 0) is 11.2 Å². The van der Waals surface area contributed by atoms with Crippen LogP contribution in [0.2, 0.25) is 0 Å². The maximum absolute atomic E-state index is 11.3. The number of non-ortho nitro benzene ring substituents is 1. The molecule has 24 heavy (non-hydrogen) atoms. The number of nitro groups is 1. The number of hydrogen-bond donors (Lipinski definition) is 1. The molecule has 2 aromatic carbocycles. The summed E-state index contributed by atoms with van der Waals surface area (Å²) in [4.78, 5) is 26.4. The first-order valence-electron chi connectivity index (χ1n) is 7.32. The van der Waals surface area contributed by atoms with Crippen LogP contribution in [0.3, 0.4) is 0 Å². The number of rotatable bonds is 4. The molecule has 0 aliphatic heterocycles. The highest BCUT2D eigenvalue weighted by molar-refractivity contribution is 5.98. The van der Waals surface area contributed by atoms with Gasteiger partial charge in [0.25, 0.3) is 5.69 Å². The number of carbonyl (C=O) groups is 1. The van der Waals surface area contributed by atoms with Gasteiger partial charge in [-0.2, -0.15) is 0 Å². The Morgan fingerprint density at radius 3 is 2.54 bits per heavy atom. The molecule has 0 saturated heterocycles. The number of fused-ring (bicyclic) bond motifs is 1. The van der Waals surface area contributed by atoms with Crippen LogP contribution in [0, 0.1) is 17.0 Å². The molecule has 0 aliphatic rings. The van der Waals surface area contributed by atoms with Gasteiger partial charge in [0.05, 0.1) is 16.9 Å². The summed E-state index contributed by atoms with van der Waals surface area (Å²) in [5.41, 5.74) is 3.23. The molecule has 1 aromatic heterocycles. The minimum atomic E-state index is -0.970. The number of carboxylic acids is 1. The van der Waals surface area contributed by atoms with Gasteiger partial charge in [0.2, 0.25) is 0 Å². The van der Waals surface area contributed by atoms with Gasteiger partial charge in [0.1, 0.15) is 0 Å². The lowest BCUT2D eigenvalue weighted by Crippen LogP contribution is -2.06. The maximum Gasteiger partial charge on any atom is 0.307 e. The zero-order valence-electron chi connectivity index (χ0n) is 12.9. The molecule has 0 radical (unpaired) electrons. The number of benzene rings is 2. The zero-order chi connectivity index (χ0) is 17.3. The molecule has 6 nitrogen and oxygen atoms in total. The number of aliphatic carboxylic acids is 1. The van der Waals surface area contributed by atoms with Crippen molar-refractivity contribution in [2.75, 3.05) is 0 Å². The molecule has 0 bridgehead atoms. The van der Waals surface area contributed by atoms with E-state index in [-0.39, 0.29) is 12.1 Å². The fourth-order valence-electron chi connectivity index (χ4n) is 2.83. The average Bonchev–Trinajstić information content (AvgIpc) is 2.55. The molecule has 120 valence electrons. The van der Waals surface area contributed by atoms with E-state index in [0.717, 1.165) is 5.56 Å². The smallest absolute Gasteiger partial charge is 0.307 e. The summed E-state index contributed by atoms with van der Waals surface area (Å²) in [7, 11) is 0. The highest BCUT2D eigenvalue weighted by Crippen LogP contribution is 2.35. The molecule has 3 aromatic rings. The summed E-state index contributed by atoms with van der Waals surface area (Å²) in [6.07, 6.45) is -0.193. The van der Waals surface area contributed by atoms with Gasteiger partial charge in [-0.1, -0.05) is 30.3 Å². The summed E-state index contributed by atoms with van der Waals surface area (Å²) in [6.45, 7) is 1.76. The number of nitrogens with zero attached hydrogens (tertiary/aromatic N) is 2. The Bertz CT molecular complexity index is 952. The summed E-state index contributed by atoms with van der Waals surface area (Å²) < 4.78 is 0. The van der Waals surface area contributed by atoms with E-state index >= 15 is 0 Å². The predicted octanol–water partition coefficient (Wildman–Crippen LogP) is 3.75. The Labute approximate surface area is 137 Å². The third-order valence-electron chi connectivity index (χ3n) is 3.88. The Hall–Kier alpha value is -3.28. The average molecular weight is 322 g/mol. The number of aromatic nitrogens is 1. The molecular formula is C18H14N2O4. The van der Waals surface area contributed by atoms with Gasteiger partial charge in [-0.25, -0.2) is 0 Å². The van der Waals surface area contributed by atoms with E-state index in [1.54, 1.807) is 13.0 Å². The zero-order valence-corrected chi connectivity index (χ0v) is 12.9. The first kappa shape index (κ1) is 15.6. The summed E-state index contributed by atoms with van der Waals surface area (Å²) >= 11 is 0. The van der Waals surface area contributed by atoms with Crippen LogP contribution in [0.4, 0.5) is 5.69 Å². The van der Waals surface area contributed by atoms with Crippen molar-refractivity contribution in [3.63, 3.8) is 0 Å². The molecule has 1 heterocycles. The molecule has 3 rings (SSSR count). The number of pyridine rings is 1. The van der Waals surface area contributed by atoms with E-state index in [0.29, 0.717) is 27.7 Å². The van der Waals surface area contributed by atoms with E-state index in [1.807, 2.05) is 30.3 Å². The highest BCUT2D eigenvalue weighted by atomic mass is 16.6. The lowest BCUT2D eigenvalue weighted by molar-refractivity contribution is -0.384. The lowest BCUT2D eigenvalue weighted by Gasteiger charge is -2.14. The molecule has 0 fully saturated rings. The van der Waals surface area contributed by atoms with Gasteiger partial charge in [-0.3, -0.25) is 19.9 Å². The third kappa shape index (κ3) is 2.81. The van der Waals surface area contributed by atoms with Crippen LogP contribution in [0.5, 0.6) is 0 Å². The first-order valence-corrected chi connectivity index (χ1v) is 7.32. The van der Waals surface area contributed by atoms with Crippen LogP contribution in [0.15, 0.2) is 48.5 Å². The van der Waals surface area contributed by atoms with E-state index in [2.05, 4.69) is 4.98 Å². The van der Waals surface area contributed by atoms with E-state index in [9.17, 15) is 20.0 Å². The van der Waals surface area contributed by atoms with Crippen molar-refractivity contribution in [2.24, 2.45) is 0 Å².